The van der Waals surface area contributed by atoms with Crippen molar-refractivity contribution in [2.75, 3.05) is 0 Å². The zero-order chi connectivity index (χ0) is 12.5. The Labute approximate surface area is 94.6 Å². The van der Waals surface area contributed by atoms with Gasteiger partial charge in [-0.3, -0.25) is 9.59 Å². The summed E-state index contributed by atoms with van der Waals surface area (Å²) in [6.45, 7) is 5.83. The molecule has 0 aliphatic carbocycles. The number of primary amides is 2. The number of carbonyl (C=O) groups excluding carboxylic acids is 2. The molecule has 0 radical (unpaired) electrons. The smallest absolute Gasteiger partial charge is 0.249 e. The highest BCUT2D eigenvalue weighted by Gasteiger charge is 2.24. The fourth-order valence-corrected chi connectivity index (χ4v) is 1.65. The molecule has 2 amide bonds. The van der Waals surface area contributed by atoms with Gasteiger partial charge in [0.25, 0.3) is 0 Å². The van der Waals surface area contributed by atoms with Gasteiger partial charge in [-0.2, -0.15) is 0 Å². The molecule has 0 saturated heterocycles. The summed E-state index contributed by atoms with van der Waals surface area (Å²) >= 11 is 0. The summed E-state index contributed by atoms with van der Waals surface area (Å²) in [6.07, 6.45) is 0. The van der Waals surface area contributed by atoms with Gasteiger partial charge < -0.3 is 11.5 Å². The van der Waals surface area contributed by atoms with E-state index in [4.69, 9.17) is 11.5 Å². The topological polar surface area (TPSA) is 86.2 Å². The zero-order valence-corrected chi connectivity index (χ0v) is 9.70. The fourth-order valence-electron chi connectivity index (χ4n) is 1.65. The molecule has 1 aromatic carbocycles. The second-order valence-electron chi connectivity index (χ2n) is 4.71. The van der Waals surface area contributed by atoms with Crippen LogP contribution < -0.4 is 11.5 Å². The van der Waals surface area contributed by atoms with Crippen molar-refractivity contribution in [1.82, 2.24) is 0 Å². The quantitative estimate of drug-likeness (QED) is 0.784. The van der Waals surface area contributed by atoms with Gasteiger partial charge in [0.15, 0.2) is 0 Å². The number of nitrogens with two attached hydrogens (primary N) is 2. The summed E-state index contributed by atoms with van der Waals surface area (Å²) in [6, 6.07) is 5.00. The Hall–Kier alpha value is -1.84. The largest absolute Gasteiger partial charge is 0.366 e. The molecule has 0 aliphatic heterocycles. The second-order valence-corrected chi connectivity index (χ2v) is 4.71. The molecule has 0 fully saturated rings. The molecule has 0 heterocycles. The zero-order valence-electron chi connectivity index (χ0n) is 9.70. The predicted octanol–water partition coefficient (Wildman–Crippen LogP) is 1.18. The minimum atomic E-state index is -0.639. The van der Waals surface area contributed by atoms with Gasteiger partial charge in [0.1, 0.15) is 0 Å². The summed E-state index contributed by atoms with van der Waals surface area (Å²) in [5, 5.41) is 0. The Balaban J connectivity index is 3.58. The highest BCUT2D eigenvalue weighted by Crippen LogP contribution is 2.27. The Morgan fingerprint density at radius 3 is 2.00 bits per heavy atom. The molecule has 4 N–H and O–H groups in total. The summed E-state index contributed by atoms with van der Waals surface area (Å²) in [4.78, 5) is 22.6. The van der Waals surface area contributed by atoms with E-state index < -0.39 is 11.8 Å². The lowest BCUT2D eigenvalue weighted by Crippen LogP contribution is -2.26. The summed E-state index contributed by atoms with van der Waals surface area (Å²) in [5.74, 6) is -1.26. The third-order valence-electron chi connectivity index (χ3n) is 2.38. The molecule has 4 nitrogen and oxygen atoms in total. The van der Waals surface area contributed by atoms with Crippen molar-refractivity contribution in [3.8, 4) is 0 Å². The highest BCUT2D eigenvalue weighted by atomic mass is 16.2. The van der Waals surface area contributed by atoms with E-state index in [2.05, 4.69) is 0 Å². The lowest BCUT2D eigenvalue weighted by atomic mass is 9.82. The molecule has 0 aromatic heterocycles. The van der Waals surface area contributed by atoms with Gasteiger partial charge in [-0.1, -0.05) is 32.9 Å². The van der Waals surface area contributed by atoms with Crippen molar-refractivity contribution in [3.63, 3.8) is 0 Å². The number of hydrogen-bond acceptors (Lipinski definition) is 2. The second kappa shape index (κ2) is 3.96. The fraction of sp³-hybridized carbons (Fsp3) is 0.333. The average Bonchev–Trinajstić information content (AvgIpc) is 2.14. The number of hydrogen-bond donors (Lipinski definition) is 2. The monoisotopic (exact) mass is 220 g/mol. The van der Waals surface area contributed by atoms with E-state index in [1.165, 1.54) is 6.07 Å². The van der Waals surface area contributed by atoms with Crippen LogP contribution in [0.1, 0.15) is 47.1 Å². The maximum absolute atomic E-state index is 11.4. The van der Waals surface area contributed by atoms with Gasteiger partial charge in [0, 0.05) is 0 Å². The van der Waals surface area contributed by atoms with E-state index in [0.717, 1.165) is 5.56 Å². The molecule has 0 saturated carbocycles. The van der Waals surface area contributed by atoms with Crippen LogP contribution in [0.25, 0.3) is 0 Å². The van der Waals surface area contributed by atoms with Crippen LogP contribution in [0, 0.1) is 0 Å². The van der Waals surface area contributed by atoms with Gasteiger partial charge in [-0.25, -0.2) is 0 Å². The van der Waals surface area contributed by atoms with Gasteiger partial charge >= 0.3 is 0 Å². The molecular weight excluding hydrogens is 204 g/mol. The van der Waals surface area contributed by atoms with Crippen molar-refractivity contribution in [2.45, 2.75) is 26.2 Å². The van der Waals surface area contributed by atoms with Crippen LogP contribution in [0.4, 0.5) is 0 Å². The Kier molecular flexibility index (Phi) is 3.03. The third kappa shape index (κ3) is 2.21. The van der Waals surface area contributed by atoms with Crippen molar-refractivity contribution >= 4 is 11.8 Å². The molecular formula is C12H16N2O2. The molecule has 86 valence electrons. The Morgan fingerprint density at radius 2 is 1.62 bits per heavy atom. The highest BCUT2D eigenvalue weighted by molar-refractivity contribution is 6.07. The number of rotatable bonds is 2. The maximum Gasteiger partial charge on any atom is 0.249 e. The van der Waals surface area contributed by atoms with Crippen molar-refractivity contribution in [1.29, 1.82) is 0 Å². The first-order chi connectivity index (χ1) is 7.25. The first-order valence-corrected chi connectivity index (χ1v) is 4.98. The van der Waals surface area contributed by atoms with Gasteiger partial charge in [0.05, 0.1) is 11.1 Å². The Morgan fingerprint density at radius 1 is 1.06 bits per heavy atom. The number of carbonyl (C=O) groups is 2. The first kappa shape index (κ1) is 12.2. The number of amides is 2. The maximum atomic E-state index is 11.4. The lowest BCUT2D eigenvalue weighted by molar-refractivity contribution is 0.0965. The van der Waals surface area contributed by atoms with E-state index >= 15 is 0 Å². The molecule has 4 heteroatoms. The molecule has 0 atom stereocenters. The molecule has 0 unspecified atom stereocenters. The van der Waals surface area contributed by atoms with Crippen molar-refractivity contribution in [2.24, 2.45) is 11.5 Å². The summed E-state index contributed by atoms with van der Waals surface area (Å²) in [7, 11) is 0. The molecule has 0 spiro atoms. The predicted molar refractivity (Wildman–Crippen MR) is 62.2 cm³/mol. The SMILES string of the molecule is CC(C)(C)c1cccc(C(N)=O)c1C(N)=O. The normalized spacial score (nSPS) is 11.2. The molecule has 1 rings (SSSR count). The van der Waals surface area contributed by atoms with Crippen molar-refractivity contribution < 1.29 is 9.59 Å². The van der Waals surface area contributed by atoms with Crippen LogP contribution >= 0.6 is 0 Å². The van der Waals surface area contributed by atoms with E-state index in [1.54, 1.807) is 12.1 Å². The standard InChI is InChI=1S/C12H16N2O2/c1-12(2,3)8-6-4-5-7(10(13)15)9(8)11(14)16/h4-6H,1-3H3,(H2,13,15)(H2,14,16). The summed E-state index contributed by atoms with van der Waals surface area (Å²) < 4.78 is 0. The van der Waals surface area contributed by atoms with E-state index in [9.17, 15) is 9.59 Å². The van der Waals surface area contributed by atoms with E-state index in [1.807, 2.05) is 20.8 Å². The Bertz CT molecular complexity index is 445. The van der Waals surface area contributed by atoms with Gasteiger partial charge in [-0.15, -0.1) is 0 Å². The molecule has 0 aliphatic rings. The van der Waals surface area contributed by atoms with E-state index in [-0.39, 0.29) is 16.5 Å². The lowest BCUT2D eigenvalue weighted by Gasteiger charge is -2.22. The van der Waals surface area contributed by atoms with E-state index in [0.29, 0.717) is 0 Å². The van der Waals surface area contributed by atoms with Gasteiger partial charge in [0.2, 0.25) is 11.8 Å². The average molecular weight is 220 g/mol. The minimum absolute atomic E-state index is 0.180. The minimum Gasteiger partial charge on any atom is -0.366 e. The first-order valence-electron chi connectivity index (χ1n) is 4.98. The van der Waals surface area contributed by atoms with Crippen LogP contribution in [-0.4, -0.2) is 11.8 Å². The molecule has 1 aromatic rings. The number of benzene rings is 1. The van der Waals surface area contributed by atoms with Crippen LogP contribution in [0.5, 0.6) is 0 Å². The van der Waals surface area contributed by atoms with Gasteiger partial charge in [-0.05, 0) is 17.0 Å². The van der Waals surface area contributed by atoms with Crippen LogP contribution in [-0.2, 0) is 5.41 Å². The van der Waals surface area contributed by atoms with Crippen molar-refractivity contribution in [3.05, 3.63) is 34.9 Å². The van der Waals surface area contributed by atoms with Crippen LogP contribution in [0.15, 0.2) is 18.2 Å². The molecule has 16 heavy (non-hydrogen) atoms. The van der Waals surface area contributed by atoms with Crippen LogP contribution in [0.3, 0.4) is 0 Å². The third-order valence-corrected chi connectivity index (χ3v) is 2.38. The molecule has 0 bridgehead atoms. The van der Waals surface area contributed by atoms with Crippen LogP contribution in [0.2, 0.25) is 0 Å². The summed E-state index contributed by atoms with van der Waals surface area (Å²) in [5.41, 5.74) is 11.4.